The van der Waals surface area contributed by atoms with Crippen molar-refractivity contribution in [2.24, 2.45) is 5.84 Å². The SMILES string of the molecule is COC(C)(C)CNS(=O)(=O)c1cc(NN)ccc1[N+](=O)[O-]. The molecule has 0 radical (unpaired) electrons. The first-order valence-electron chi connectivity index (χ1n) is 5.93. The van der Waals surface area contributed by atoms with Crippen LogP contribution in [0.1, 0.15) is 13.8 Å². The Hall–Kier alpha value is -1.75. The molecule has 118 valence electrons. The lowest BCUT2D eigenvalue weighted by Gasteiger charge is -2.23. The number of hydrogen-bond acceptors (Lipinski definition) is 7. The molecule has 1 aromatic carbocycles. The van der Waals surface area contributed by atoms with E-state index in [1.54, 1.807) is 13.8 Å². The molecule has 0 aliphatic heterocycles. The quantitative estimate of drug-likeness (QED) is 0.380. The molecule has 0 fully saturated rings. The Bertz CT molecular complexity index is 630. The molecule has 10 heteroatoms. The highest BCUT2D eigenvalue weighted by Gasteiger charge is 2.28. The second kappa shape index (κ2) is 6.35. The van der Waals surface area contributed by atoms with Crippen molar-refractivity contribution in [3.63, 3.8) is 0 Å². The summed E-state index contributed by atoms with van der Waals surface area (Å²) >= 11 is 0. The van der Waals surface area contributed by atoms with Crippen LogP contribution in [0.25, 0.3) is 0 Å². The summed E-state index contributed by atoms with van der Waals surface area (Å²) in [6, 6.07) is 3.49. The van der Waals surface area contributed by atoms with Gasteiger partial charge in [-0.25, -0.2) is 13.1 Å². The number of nitrogens with two attached hydrogens (primary N) is 1. The summed E-state index contributed by atoms with van der Waals surface area (Å²) in [7, 11) is -2.64. The third-order valence-electron chi connectivity index (χ3n) is 2.85. The maximum absolute atomic E-state index is 12.2. The van der Waals surface area contributed by atoms with E-state index in [1.165, 1.54) is 13.2 Å². The molecular weight excluding hydrogens is 300 g/mol. The summed E-state index contributed by atoms with van der Waals surface area (Å²) < 4.78 is 31.9. The van der Waals surface area contributed by atoms with Crippen molar-refractivity contribution in [1.29, 1.82) is 0 Å². The number of rotatable bonds is 7. The van der Waals surface area contributed by atoms with Crippen LogP contribution in [0.15, 0.2) is 23.1 Å². The zero-order valence-corrected chi connectivity index (χ0v) is 12.7. The van der Waals surface area contributed by atoms with E-state index in [-0.39, 0.29) is 12.2 Å². The minimum Gasteiger partial charge on any atom is -0.377 e. The van der Waals surface area contributed by atoms with Gasteiger partial charge in [0.2, 0.25) is 10.0 Å². The fraction of sp³-hybridized carbons (Fsp3) is 0.455. The number of anilines is 1. The Balaban J connectivity index is 3.20. The van der Waals surface area contributed by atoms with Crippen molar-refractivity contribution in [3.8, 4) is 0 Å². The minimum atomic E-state index is -4.08. The number of nitro benzene ring substituents is 1. The topological polar surface area (TPSA) is 137 Å². The molecule has 0 bridgehead atoms. The van der Waals surface area contributed by atoms with Gasteiger partial charge < -0.3 is 10.2 Å². The van der Waals surface area contributed by atoms with E-state index in [1.807, 2.05) is 0 Å². The third kappa shape index (κ3) is 4.36. The average Bonchev–Trinajstić information content (AvgIpc) is 2.44. The van der Waals surface area contributed by atoms with Crippen LogP contribution in [-0.4, -0.2) is 32.6 Å². The van der Waals surface area contributed by atoms with Gasteiger partial charge in [0.15, 0.2) is 4.90 Å². The Labute approximate surface area is 122 Å². The van der Waals surface area contributed by atoms with Crippen molar-refractivity contribution in [2.75, 3.05) is 19.1 Å². The fourth-order valence-electron chi connectivity index (χ4n) is 1.39. The van der Waals surface area contributed by atoms with Crippen LogP contribution >= 0.6 is 0 Å². The van der Waals surface area contributed by atoms with Crippen molar-refractivity contribution < 1.29 is 18.1 Å². The Morgan fingerprint density at radius 1 is 1.43 bits per heavy atom. The van der Waals surface area contributed by atoms with Crippen LogP contribution in [0, 0.1) is 10.1 Å². The number of nitro groups is 1. The Morgan fingerprint density at radius 3 is 2.52 bits per heavy atom. The Morgan fingerprint density at radius 2 is 2.05 bits per heavy atom. The van der Waals surface area contributed by atoms with E-state index in [9.17, 15) is 18.5 Å². The highest BCUT2D eigenvalue weighted by molar-refractivity contribution is 7.89. The molecular formula is C11H18N4O5S. The molecule has 0 aliphatic rings. The zero-order valence-electron chi connectivity index (χ0n) is 11.9. The number of benzene rings is 1. The van der Waals surface area contributed by atoms with Crippen LogP contribution in [0.2, 0.25) is 0 Å². The highest BCUT2D eigenvalue weighted by atomic mass is 32.2. The predicted molar refractivity (Wildman–Crippen MR) is 77.2 cm³/mol. The molecule has 0 heterocycles. The number of nitrogen functional groups attached to an aromatic ring is 1. The maximum atomic E-state index is 12.2. The van der Waals surface area contributed by atoms with Crippen molar-refractivity contribution in [1.82, 2.24) is 4.72 Å². The number of sulfonamides is 1. The van der Waals surface area contributed by atoms with E-state index < -0.39 is 31.1 Å². The number of nitrogens with one attached hydrogen (secondary N) is 2. The van der Waals surface area contributed by atoms with Crippen LogP contribution in [0.4, 0.5) is 11.4 Å². The van der Waals surface area contributed by atoms with Crippen LogP contribution in [0.5, 0.6) is 0 Å². The first-order valence-corrected chi connectivity index (χ1v) is 7.41. The van der Waals surface area contributed by atoms with Gasteiger partial charge in [-0.15, -0.1) is 0 Å². The molecule has 4 N–H and O–H groups in total. The average molecular weight is 318 g/mol. The smallest absolute Gasteiger partial charge is 0.289 e. The molecule has 1 aromatic rings. The van der Waals surface area contributed by atoms with E-state index in [2.05, 4.69) is 10.1 Å². The predicted octanol–water partition coefficient (Wildman–Crippen LogP) is 0.584. The fourth-order valence-corrected chi connectivity index (χ4v) is 2.78. The second-order valence-corrected chi connectivity index (χ2v) is 6.61. The van der Waals surface area contributed by atoms with Gasteiger partial charge in [-0.1, -0.05) is 0 Å². The summed E-state index contributed by atoms with van der Waals surface area (Å²) in [6.45, 7) is 3.33. The van der Waals surface area contributed by atoms with Gasteiger partial charge in [0.05, 0.1) is 16.2 Å². The van der Waals surface area contributed by atoms with Crippen molar-refractivity contribution in [2.45, 2.75) is 24.3 Å². The number of methoxy groups -OCH3 is 1. The molecule has 0 aromatic heterocycles. The second-order valence-electron chi connectivity index (χ2n) is 4.87. The van der Waals surface area contributed by atoms with Crippen molar-refractivity contribution in [3.05, 3.63) is 28.3 Å². The highest BCUT2D eigenvalue weighted by Crippen LogP contribution is 2.26. The van der Waals surface area contributed by atoms with Gasteiger partial charge in [-0.3, -0.25) is 16.0 Å². The standard InChI is InChI=1S/C11H18N4O5S/c1-11(2,20-3)7-13-21(18,19)10-6-8(14-12)4-5-9(10)15(16)17/h4-6,13-14H,7,12H2,1-3H3. The van der Waals surface area contributed by atoms with Crippen LogP contribution in [-0.2, 0) is 14.8 Å². The number of nitrogens with zero attached hydrogens (tertiary/aromatic N) is 1. The lowest BCUT2D eigenvalue weighted by molar-refractivity contribution is -0.387. The van der Waals surface area contributed by atoms with Crippen LogP contribution < -0.4 is 16.0 Å². The van der Waals surface area contributed by atoms with E-state index in [4.69, 9.17) is 10.6 Å². The number of hydrogen-bond donors (Lipinski definition) is 3. The normalized spacial score (nSPS) is 12.2. The first-order chi connectivity index (χ1) is 9.63. The summed E-state index contributed by atoms with van der Waals surface area (Å²) in [5.74, 6) is 5.20. The maximum Gasteiger partial charge on any atom is 0.289 e. The van der Waals surface area contributed by atoms with Crippen LogP contribution in [0.3, 0.4) is 0 Å². The summed E-state index contributed by atoms with van der Waals surface area (Å²) in [5.41, 5.74) is 1.22. The molecule has 0 saturated heterocycles. The van der Waals surface area contributed by atoms with Gasteiger partial charge in [0, 0.05) is 19.7 Å². The lowest BCUT2D eigenvalue weighted by Crippen LogP contribution is -2.39. The Kier molecular flexibility index (Phi) is 5.23. The molecule has 21 heavy (non-hydrogen) atoms. The lowest BCUT2D eigenvalue weighted by atomic mass is 10.1. The summed E-state index contributed by atoms with van der Waals surface area (Å²) in [5, 5.41) is 11.0. The molecule has 9 nitrogen and oxygen atoms in total. The van der Waals surface area contributed by atoms with E-state index in [0.717, 1.165) is 12.1 Å². The molecule has 0 amide bonds. The summed E-state index contributed by atoms with van der Waals surface area (Å²) in [4.78, 5) is 9.73. The molecule has 1 rings (SSSR count). The first kappa shape index (κ1) is 17.3. The number of ether oxygens (including phenoxy) is 1. The van der Waals surface area contributed by atoms with E-state index >= 15 is 0 Å². The number of hydrazine groups is 1. The molecule has 0 aliphatic carbocycles. The molecule has 0 spiro atoms. The molecule has 0 unspecified atom stereocenters. The minimum absolute atomic E-state index is 0.0384. The van der Waals surface area contributed by atoms with Gasteiger partial charge in [-0.2, -0.15) is 0 Å². The summed E-state index contributed by atoms with van der Waals surface area (Å²) in [6.07, 6.45) is 0. The largest absolute Gasteiger partial charge is 0.377 e. The molecule has 0 atom stereocenters. The van der Waals surface area contributed by atoms with Gasteiger partial charge >= 0.3 is 0 Å². The van der Waals surface area contributed by atoms with Gasteiger partial charge in [0.25, 0.3) is 5.69 Å². The third-order valence-corrected chi connectivity index (χ3v) is 4.28. The van der Waals surface area contributed by atoms with E-state index in [0.29, 0.717) is 0 Å². The monoisotopic (exact) mass is 318 g/mol. The zero-order chi connectivity index (χ0) is 16.3. The van der Waals surface area contributed by atoms with Gasteiger partial charge in [-0.05, 0) is 26.0 Å². The molecule has 0 saturated carbocycles. The van der Waals surface area contributed by atoms with Gasteiger partial charge in [0.1, 0.15) is 0 Å². The van der Waals surface area contributed by atoms with Crippen molar-refractivity contribution >= 4 is 21.4 Å².